The predicted molar refractivity (Wildman–Crippen MR) is 147 cm³/mol. The van der Waals surface area contributed by atoms with Crippen LogP contribution in [-0.2, 0) is 16.0 Å². The van der Waals surface area contributed by atoms with E-state index in [4.69, 9.17) is 14.5 Å². The Bertz CT molecular complexity index is 1440. The molecule has 214 valence electrons. The molecule has 5 rings (SSSR count). The van der Waals surface area contributed by atoms with Crippen LogP contribution in [0.3, 0.4) is 0 Å². The molecule has 0 saturated heterocycles. The molecule has 1 aliphatic heterocycles. The monoisotopic (exact) mass is 553 g/mol. The van der Waals surface area contributed by atoms with Crippen LogP contribution in [0.1, 0.15) is 82.0 Å². The van der Waals surface area contributed by atoms with Crippen molar-refractivity contribution >= 4 is 28.8 Å². The third kappa shape index (κ3) is 5.00. The van der Waals surface area contributed by atoms with Gasteiger partial charge in [-0.3, -0.25) is 9.69 Å². The molecule has 2 N–H and O–H groups in total. The van der Waals surface area contributed by atoms with E-state index in [9.17, 15) is 24.2 Å². The van der Waals surface area contributed by atoms with Crippen molar-refractivity contribution in [3.63, 3.8) is 0 Å². The molecule has 4 atom stereocenters. The summed E-state index contributed by atoms with van der Waals surface area (Å²) in [6.07, 6.45) is 1.78. The van der Waals surface area contributed by atoms with Gasteiger partial charge < -0.3 is 24.3 Å². The Morgan fingerprint density at radius 3 is 2.62 bits per heavy atom. The zero-order valence-electron chi connectivity index (χ0n) is 23.3. The number of carbonyl (C=O) groups is 2. The number of amides is 1. The molecule has 3 aromatic rings. The van der Waals surface area contributed by atoms with E-state index in [1.54, 1.807) is 4.90 Å². The number of hydrogen-bond acceptors (Lipinski definition) is 6. The highest BCUT2D eigenvalue weighted by Crippen LogP contribution is 2.43. The highest BCUT2D eigenvalue weighted by Gasteiger charge is 2.36. The third-order valence-electron chi connectivity index (χ3n) is 8.09. The van der Waals surface area contributed by atoms with Crippen LogP contribution < -0.4 is 9.64 Å². The predicted octanol–water partition coefficient (Wildman–Crippen LogP) is 5.77. The standard InChI is InChI=1S/C30H36FN3O6/c1-16(2)40-25-13-9-19(31)15-22(25)27(35)28-32-26-21-10-8-17(3)33(30(38)39-4)23(21)11-12-24(26)34(28)20-7-5-6-18(14-20)29(36)37/h9,11-13,15-18,20,27,35H,5-8,10,14H2,1-4H3,(H,36,37)/t17-,18+,20+,27+/m0/s1. The molecular formula is C30H36FN3O6. The Labute approximate surface area is 232 Å². The fraction of sp³-hybridized carbons (Fsp3) is 0.500. The van der Waals surface area contributed by atoms with Crippen molar-refractivity contribution < 1.29 is 33.7 Å². The maximum absolute atomic E-state index is 14.5. The lowest BCUT2D eigenvalue weighted by Gasteiger charge is -2.34. The molecule has 1 fully saturated rings. The van der Waals surface area contributed by atoms with Gasteiger partial charge in [-0.05, 0) is 83.2 Å². The van der Waals surface area contributed by atoms with Gasteiger partial charge in [0.15, 0.2) is 0 Å². The van der Waals surface area contributed by atoms with Crippen LogP contribution in [0.5, 0.6) is 5.75 Å². The fourth-order valence-electron chi connectivity index (χ4n) is 6.23. The molecule has 2 aromatic carbocycles. The van der Waals surface area contributed by atoms with Gasteiger partial charge in [-0.1, -0.05) is 6.42 Å². The number of aliphatic hydroxyl groups excluding tert-OH is 1. The van der Waals surface area contributed by atoms with Gasteiger partial charge >= 0.3 is 12.1 Å². The number of anilines is 1. The Balaban J connectivity index is 1.71. The number of methoxy groups -OCH3 is 1. The van der Waals surface area contributed by atoms with Gasteiger partial charge in [0.25, 0.3) is 0 Å². The lowest BCUT2D eigenvalue weighted by molar-refractivity contribution is -0.143. The SMILES string of the molecule is COC(=O)N1c2ccc3c(nc([C@H](O)c4cc(F)ccc4OC(C)C)n3[C@@H]3CCC[C@@H](C(=O)O)C3)c2CC[C@@H]1C. The van der Waals surface area contributed by atoms with Crippen LogP contribution in [-0.4, -0.2) is 51.1 Å². The summed E-state index contributed by atoms with van der Waals surface area (Å²) in [4.78, 5) is 31.2. The number of aliphatic carboxylic acids is 1. The van der Waals surface area contributed by atoms with E-state index in [2.05, 4.69) is 0 Å². The Morgan fingerprint density at radius 1 is 1.15 bits per heavy atom. The van der Waals surface area contributed by atoms with Crippen LogP contribution in [0.2, 0.25) is 0 Å². The number of carboxylic acid groups (broad SMARTS) is 1. The number of aromatic nitrogens is 2. The van der Waals surface area contributed by atoms with Crippen molar-refractivity contribution in [2.75, 3.05) is 12.0 Å². The Kier molecular flexibility index (Phi) is 7.72. The zero-order valence-corrected chi connectivity index (χ0v) is 23.3. The second-order valence-electron chi connectivity index (χ2n) is 11.1. The number of fused-ring (bicyclic) bond motifs is 3. The van der Waals surface area contributed by atoms with E-state index in [0.717, 1.165) is 23.9 Å². The summed E-state index contributed by atoms with van der Waals surface area (Å²) >= 11 is 0. The van der Waals surface area contributed by atoms with E-state index >= 15 is 0 Å². The Hall–Kier alpha value is -3.66. The van der Waals surface area contributed by atoms with Crippen LogP contribution in [0.25, 0.3) is 11.0 Å². The molecule has 1 amide bonds. The number of aryl methyl sites for hydroxylation is 1. The number of ether oxygens (including phenoxy) is 2. The van der Waals surface area contributed by atoms with Crippen LogP contribution in [0, 0.1) is 11.7 Å². The minimum atomic E-state index is -1.34. The van der Waals surface area contributed by atoms with Gasteiger partial charge in [0.2, 0.25) is 0 Å². The largest absolute Gasteiger partial charge is 0.491 e. The Morgan fingerprint density at radius 2 is 1.93 bits per heavy atom. The highest BCUT2D eigenvalue weighted by molar-refractivity contribution is 5.95. The third-order valence-corrected chi connectivity index (χ3v) is 8.09. The second kappa shape index (κ2) is 11.1. The number of benzene rings is 2. The first kappa shape index (κ1) is 27.9. The number of hydrogen-bond donors (Lipinski definition) is 2. The van der Waals surface area contributed by atoms with Crippen molar-refractivity contribution in [3.8, 4) is 5.75 Å². The second-order valence-corrected chi connectivity index (χ2v) is 11.1. The van der Waals surface area contributed by atoms with Crippen molar-refractivity contribution in [3.05, 3.63) is 53.1 Å². The molecule has 0 unspecified atom stereocenters. The van der Waals surface area contributed by atoms with Crippen molar-refractivity contribution in [1.82, 2.24) is 9.55 Å². The normalized spacial score (nSPS) is 21.8. The number of carbonyl (C=O) groups excluding carboxylic acids is 1. The van der Waals surface area contributed by atoms with Crippen LogP contribution >= 0.6 is 0 Å². The van der Waals surface area contributed by atoms with E-state index in [0.29, 0.717) is 48.5 Å². The topological polar surface area (TPSA) is 114 Å². The molecule has 10 heteroatoms. The summed E-state index contributed by atoms with van der Waals surface area (Å²) < 4.78 is 27.4. The first-order valence-electron chi connectivity index (χ1n) is 13.9. The van der Waals surface area contributed by atoms with Crippen molar-refractivity contribution in [1.29, 1.82) is 0 Å². The number of imidazole rings is 1. The van der Waals surface area contributed by atoms with Crippen molar-refractivity contribution in [2.45, 2.75) is 83.6 Å². The highest BCUT2D eigenvalue weighted by atomic mass is 19.1. The molecular weight excluding hydrogens is 517 g/mol. The van der Waals surface area contributed by atoms with Gasteiger partial charge in [0.1, 0.15) is 23.5 Å². The zero-order chi connectivity index (χ0) is 28.7. The van der Waals surface area contributed by atoms with Gasteiger partial charge in [-0.15, -0.1) is 0 Å². The quantitative estimate of drug-likeness (QED) is 0.398. The maximum atomic E-state index is 14.5. The smallest absolute Gasteiger partial charge is 0.414 e. The van der Waals surface area contributed by atoms with Crippen LogP contribution in [0.4, 0.5) is 14.9 Å². The molecule has 9 nitrogen and oxygen atoms in total. The van der Waals surface area contributed by atoms with Gasteiger partial charge in [0.05, 0.1) is 35.9 Å². The number of aliphatic hydroxyl groups is 1. The first-order valence-corrected chi connectivity index (χ1v) is 13.9. The summed E-state index contributed by atoms with van der Waals surface area (Å²) in [5.74, 6) is -1.22. The van der Waals surface area contributed by atoms with E-state index in [-0.39, 0.29) is 23.8 Å². The van der Waals surface area contributed by atoms with E-state index in [1.807, 2.05) is 37.5 Å². The van der Waals surface area contributed by atoms with Gasteiger partial charge in [-0.2, -0.15) is 0 Å². The average Bonchev–Trinajstić information content (AvgIpc) is 3.33. The molecule has 2 aliphatic rings. The maximum Gasteiger partial charge on any atom is 0.414 e. The fourth-order valence-corrected chi connectivity index (χ4v) is 6.23. The van der Waals surface area contributed by atoms with Crippen molar-refractivity contribution in [2.24, 2.45) is 5.92 Å². The minimum Gasteiger partial charge on any atom is -0.491 e. The number of nitrogens with zero attached hydrogens (tertiary/aromatic N) is 3. The molecule has 1 aliphatic carbocycles. The van der Waals surface area contributed by atoms with E-state index in [1.165, 1.54) is 25.3 Å². The number of rotatable bonds is 6. The lowest BCUT2D eigenvalue weighted by Crippen LogP contribution is -2.42. The minimum absolute atomic E-state index is 0.0674. The summed E-state index contributed by atoms with van der Waals surface area (Å²) in [5, 5.41) is 21.6. The molecule has 0 spiro atoms. The number of carboxylic acids is 1. The molecule has 2 heterocycles. The van der Waals surface area contributed by atoms with E-state index < -0.39 is 29.9 Å². The first-order chi connectivity index (χ1) is 19.1. The lowest BCUT2D eigenvalue weighted by atomic mass is 9.85. The molecule has 0 radical (unpaired) electrons. The molecule has 1 aromatic heterocycles. The van der Waals surface area contributed by atoms with Gasteiger partial charge in [-0.25, -0.2) is 14.2 Å². The summed E-state index contributed by atoms with van der Waals surface area (Å²) in [5.41, 5.74) is 3.18. The number of halogens is 1. The average molecular weight is 554 g/mol. The molecule has 40 heavy (non-hydrogen) atoms. The van der Waals surface area contributed by atoms with Gasteiger partial charge in [0, 0.05) is 23.2 Å². The van der Waals surface area contributed by atoms with Crippen LogP contribution in [0.15, 0.2) is 30.3 Å². The summed E-state index contributed by atoms with van der Waals surface area (Å²) in [6.45, 7) is 5.67. The summed E-state index contributed by atoms with van der Waals surface area (Å²) in [7, 11) is 1.35. The summed E-state index contributed by atoms with van der Waals surface area (Å²) in [6, 6.07) is 7.47. The molecule has 1 saturated carbocycles. The molecule has 0 bridgehead atoms.